The highest BCUT2D eigenvalue weighted by atomic mass is 19.1. The van der Waals surface area contributed by atoms with Crippen molar-refractivity contribution in [2.45, 2.75) is 6.54 Å². The van der Waals surface area contributed by atoms with E-state index < -0.39 is 0 Å². The van der Waals surface area contributed by atoms with Crippen LogP contribution in [-0.4, -0.2) is 33.1 Å². The van der Waals surface area contributed by atoms with Gasteiger partial charge in [0.05, 0.1) is 0 Å². The standard InChI is InChI=1S/C11H17FN2/c1-13(2)8-9-7-10(14(3)4)5-6-11(9)12/h5-7H,8H2,1-4H3. The smallest absolute Gasteiger partial charge is 0.127 e. The topological polar surface area (TPSA) is 6.48 Å². The summed E-state index contributed by atoms with van der Waals surface area (Å²) in [5.74, 6) is -0.135. The van der Waals surface area contributed by atoms with Crippen LogP contribution in [0.25, 0.3) is 0 Å². The number of benzene rings is 1. The molecule has 0 saturated heterocycles. The molecule has 14 heavy (non-hydrogen) atoms. The van der Waals surface area contributed by atoms with E-state index in [-0.39, 0.29) is 5.82 Å². The Bertz CT molecular complexity index is 308. The lowest BCUT2D eigenvalue weighted by molar-refractivity contribution is 0.392. The molecular weight excluding hydrogens is 179 g/mol. The molecule has 0 N–H and O–H groups in total. The molecule has 0 spiro atoms. The highest BCUT2D eigenvalue weighted by molar-refractivity contribution is 5.47. The summed E-state index contributed by atoms with van der Waals surface area (Å²) in [5.41, 5.74) is 1.77. The van der Waals surface area contributed by atoms with Crippen molar-refractivity contribution >= 4 is 5.69 Å². The van der Waals surface area contributed by atoms with E-state index in [0.717, 1.165) is 11.3 Å². The molecule has 1 aromatic rings. The first kappa shape index (κ1) is 11.0. The lowest BCUT2D eigenvalue weighted by atomic mass is 10.1. The van der Waals surface area contributed by atoms with Gasteiger partial charge in [-0.2, -0.15) is 0 Å². The second-order valence-electron chi connectivity index (χ2n) is 3.91. The van der Waals surface area contributed by atoms with E-state index >= 15 is 0 Å². The van der Waals surface area contributed by atoms with E-state index in [4.69, 9.17) is 0 Å². The minimum absolute atomic E-state index is 0.135. The summed E-state index contributed by atoms with van der Waals surface area (Å²) in [6.45, 7) is 0.632. The summed E-state index contributed by atoms with van der Waals surface area (Å²) < 4.78 is 13.3. The summed E-state index contributed by atoms with van der Waals surface area (Å²) in [7, 11) is 7.77. The molecule has 1 rings (SSSR count). The number of anilines is 1. The molecule has 0 saturated carbocycles. The van der Waals surface area contributed by atoms with Gasteiger partial charge in [-0.1, -0.05) is 0 Å². The summed E-state index contributed by atoms with van der Waals surface area (Å²) >= 11 is 0. The molecule has 0 aromatic heterocycles. The number of halogens is 1. The number of nitrogens with zero attached hydrogens (tertiary/aromatic N) is 2. The van der Waals surface area contributed by atoms with Crippen LogP contribution in [0.1, 0.15) is 5.56 Å². The van der Waals surface area contributed by atoms with Crippen LogP contribution in [0.3, 0.4) is 0 Å². The van der Waals surface area contributed by atoms with Crippen molar-refractivity contribution in [3.05, 3.63) is 29.6 Å². The third-order valence-corrected chi connectivity index (χ3v) is 2.03. The molecule has 78 valence electrons. The lowest BCUT2D eigenvalue weighted by Crippen LogP contribution is -2.14. The van der Waals surface area contributed by atoms with E-state index in [1.165, 1.54) is 6.07 Å². The van der Waals surface area contributed by atoms with Crippen molar-refractivity contribution in [1.29, 1.82) is 0 Å². The second-order valence-corrected chi connectivity index (χ2v) is 3.91. The number of hydrogen-bond acceptors (Lipinski definition) is 2. The van der Waals surface area contributed by atoms with Gasteiger partial charge in [0.1, 0.15) is 5.82 Å². The van der Waals surface area contributed by atoms with Gasteiger partial charge in [0.25, 0.3) is 0 Å². The van der Waals surface area contributed by atoms with Crippen molar-refractivity contribution in [1.82, 2.24) is 4.90 Å². The molecule has 0 aliphatic carbocycles. The first-order valence-corrected chi connectivity index (χ1v) is 4.61. The predicted octanol–water partition coefficient (Wildman–Crippen LogP) is 1.95. The monoisotopic (exact) mass is 196 g/mol. The lowest BCUT2D eigenvalue weighted by Gasteiger charge is -2.16. The van der Waals surface area contributed by atoms with Crippen molar-refractivity contribution in [2.75, 3.05) is 33.1 Å². The van der Waals surface area contributed by atoms with Gasteiger partial charge < -0.3 is 9.80 Å². The normalized spacial score (nSPS) is 10.7. The molecule has 0 amide bonds. The molecule has 0 unspecified atom stereocenters. The fraction of sp³-hybridized carbons (Fsp3) is 0.455. The third-order valence-electron chi connectivity index (χ3n) is 2.03. The molecule has 0 bridgehead atoms. The van der Waals surface area contributed by atoms with E-state index in [0.29, 0.717) is 6.54 Å². The Balaban J connectivity index is 2.96. The molecular formula is C11H17FN2. The third kappa shape index (κ3) is 2.70. The second kappa shape index (κ2) is 4.42. The van der Waals surface area contributed by atoms with Crippen molar-refractivity contribution in [3.63, 3.8) is 0 Å². The van der Waals surface area contributed by atoms with Crippen LogP contribution in [0.2, 0.25) is 0 Å². The van der Waals surface area contributed by atoms with Crippen LogP contribution in [-0.2, 0) is 6.54 Å². The molecule has 0 heterocycles. The highest BCUT2D eigenvalue weighted by Crippen LogP contribution is 2.17. The zero-order valence-electron chi connectivity index (χ0n) is 9.21. The number of hydrogen-bond donors (Lipinski definition) is 0. The fourth-order valence-corrected chi connectivity index (χ4v) is 1.30. The first-order chi connectivity index (χ1) is 6.50. The van der Waals surface area contributed by atoms with Crippen molar-refractivity contribution in [3.8, 4) is 0 Å². The Kier molecular flexibility index (Phi) is 3.47. The van der Waals surface area contributed by atoms with E-state index in [9.17, 15) is 4.39 Å². The molecule has 2 nitrogen and oxygen atoms in total. The molecule has 0 aliphatic rings. The molecule has 1 aromatic carbocycles. The molecule has 0 atom stereocenters. The van der Waals surface area contributed by atoms with Crippen LogP contribution < -0.4 is 4.90 Å². The highest BCUT2D eigenvalue weighted by Gasteiger charge is 2.05. The quantitative estimate of drug-likeness (QED) is 0.729. The van der Waals surface area contributed by atoms with Gasteiger partial charge in [-0.15, -0.1) is 0 Å². The maximum absolute atomic E-state index is 13.3. The van der Waals surface area contributed by atoms with E-state index in [2.05, 4.69) is 0 Å². The molecule has 0 aliphatic heterocycles. The van der Waals surface area contributed by atoms with Crippen molar-refractivity contribution < 1.29 is 4.39 Å². The Labute approximate surface area is 84.9 Å². The van der Waals surface area contributed by atoms with Crippen LogP contribution in [0, 0.1) is 5.82 Å². The summed E-state index contributed by atoms with van der Waals surface area (Å²) in [5, 5.41) is 0. The average Bonchev–Trinajstić information content (AvgIpc) is 2.07. The molecule has 3 heteroatoms. The Hall–Kier alpha value is -1.09. The first-order valence-electron chi connectivity index (χ1n) is 4.61. The average molecular weight is 196 g/mol. The van der Waals surface area contributed by atoms with E-state index in [1.807, 2.05) is 44.1 Å². The van der Waals surface area contributed by atoms with Crippen LogP contribution in [0.15, 0.2) is 18.2 Å². The number of rotatable bonds is 3. The van der Waals surface area contributed by atoms with Crippen LogP contribution in [0.4, 0.5) is 10.1 Å². The SMILES string of the molecule is CN(C)Cc1cc(N(C)C)ccc1F. The minimum Gasteiger partial charge on any atom is -0.378 e. The Morgan fingerprint density at radius 3 is 2.29 bits per heavy atom. The Morgan fingerprint density at radius 1 is 1.14 bits per heavy atom. The maximum atomic E-state index is 13.3. The maximum Gasteiger partial charge on any atom is 0.127 e. The van der Waals surface area contributed by atoms with Gasteiger partial charge in [-0.3, -0.25) is 0 Å². The zero-order chi connectivity index (χ0) is 10.7. The van der Waals surface area contributed by atoms with E-state index in [1.54, 1.807) is 6.07 Å². The van der Waals surface area contributed by atoms with Gasteiger partial charge in [-0.25, -0.2) is 4.39 Å². The van der Waals surface area contributed by atoms with Gasteiger partial charge in [0, 0.05) is 31.9 Å². The fourth-order valence-electron chi connectivity index (χ4n) is 1.30. The summed E-state index contributed by atoms with van der Waals surface area (Å²) in [6.07, 6.45) is 0. The van der Waals surface area contributed by atoms with Gasteiger partial charge in [-0.05, 0) is 32.3 Å². The van der Waals surface area contributed by atoms with Crippen LogP contribution in [0.5, 0.6) is 0 Å². The van der Waals surface area contributed by atoms with Crippen LogP contribution >= 0.6 is 0 Å². The minimum atomic E-state index is -0.135. The summed E-state index contributed by atoms with van der Waals surface area (Å²) in [6, 6.07) is 5.19. The van der Waals surface area contributed by atoms with Gasteiger partial charge in [0.15, 0.2) is 0 Å². The zero-order valence-corrected chi connectivity index (χ0v) is 9.21. The van der Waals surface area contributed by atoms with Gasteiger partial charge >= 0.3 is 0 Å². The summed E-state index contributed by atoms with van der Waals surface area (Å²) in [4.78, 5) is 3.93. The van der Waals surface area contributed by atoms with Gasteiger partial charge in [0.2, 0.25) is 0 Å². The Morgan fingerprint density at radius 2 is 1.79 bits per heavy atom. The molecule has 0 fully saturated rings. The predicted molar refractivity (Wildman–Crippen MR) is 58.1 cm³/mol. The molecule has 0 radical (unpaired) electrons. The largest absolute Gasteiger partial charge is 0.378 e. The van der Waals surface area contributed by atoms with Crippen molar-refractivity contribution in [2.24, 2.45) is 0 Å².